The normalized spacial score (nSPS) is 14.5. The Morgan fingerprint density at radius 1 is 1.38 bits per heavy atom. The van der Waals surface area contributed by atoms with Crippen molar-refractivity contribution in [3.8, 4) is 5.75 Å². The van der Waals surface area contributed by atoms with Crippen LogP contribution >= 0.6 is 0 Å². The van der Waals surface area contributed by atoms with Gasteiger partial charge in [0.2, 0.25) is 0 Å². The van der Waals surface area contributed by atoms with Crippen LogP contribution in [0.5, 0.6) is 5.75 Å². The molecule has 1 aliphatic rings. The molecular formula is C12H16FNO2. The van der Waals surface area contributed by atoms with Gasteiger partial charge in [0.1, 0.15) is 18.2 Å². The van der Waals surface area contributed by atoms with Crippen LogP contribution in [0.25, 0.3) is 0 Å². The molecule has 1 heterocycles. The second-order valence-electron chi connectivity index (χ2n) is 3.88. The SMILES string of the molecule is OCCCCN1CCOc2cc(F)ccc21. The first-order valence-corrected chi connectivity index (χ1v) is 5.59. The second kappa shape index (κ2) is 5.16. The van der Waals surface area contributed by atoms with E-state index in [2.05, 4.69) is 4.90 Å². The van der Waals surface area contributed by atoms with Gasteiger partial charge < -0.3 is 14.7 Å². The zero-order valence-corrected chi connectivity index (χ0v) is 9.16. The molecule has 0 saturated heterocycles. The van der Waals surface area contributed by atoms with Gasteiger partial charge in [-0.1, -0.05) is 0 Å². The number of aliphatic hydroxyl groups is 1. The molecule has 3 nitrogen and oxygen atoms in total. The minimum absolute atomic E-state index is 0.223. The highest BCUT2D eigenvalue weighted by Gasteiger charge is 2.17. The van der Waals surface area contributed by atoms with Crippen LogP contribution in [0.15, 0.2) is 18.2 Å². The van der Waals surface area contributed by atoms with Crippen LogP contribution < -0.4 is 9.64 Å². The smallest absolute Gasteiger partial charge is 0.145 e. The molecule has 0 aliphatic carbocycles. The van der Waals surface area contributed by atoms with Crippen LogP contribution in [-0.2, 0) is 0 Å². The summed E-state index contributed by atoms with van der Waals surface area (Å²) >= 11 is 0. The van der Waals surface area contributed by atoms with Gasteiger partial charge >= 0.3 is 0 Å². The number of benzene rings is 1. The number of unbranched alkanes of at least 4 members (excludes halogenated alkanes) is 1. The second-order valence-corrected chi connectivity index (χ2v) is 3.88. The third-order valence-electron chi connectivity index (χ3n) is 2.72. The van der Waals surface area contributed by atoms with Gasteiger partial charge in [-0.15, -0.1) is 0 Å². The minimum atomic E-state index is -0.268. The number of anilines is 1. The quantitative estimate of drug-likeness (QED) is 0.793. The number of halogens is 1. The average Bonchev–Trinajstić information content (AvgIpc) is 2.29. The molecule has 0 fully saturated rings. The maximum Gasteiger partial charge on any atom is 0.145 e. The van der Waals surface area contributed by atoms with Crippen molar-refractivity contribution in [1.82, 2.24) is 0 Å². The Bertz CT molecular complexity index is 357. The molecule has 1 aromatic rings. The highest BCUT2D eigenvalue weighted by atomic mass is 19.1. The maximum atomic E-state index is 13.0. The molecule has 16 heavy (non-hydrogen) atoms. The number of hydrogen-bond donors (Lipinski definition) is 1. The van der Waals surface area contributed by atoms with Gasteiger partial charge in [-0.05, 0) is 25.0 Å². The molecule has 1 N–H and O–H groups in total. The average molecular weight is 225 g/mol. The molecule has 0 bridgehead atoms. The lowest BCUT2D eigenvalue weighted by atomic mass is 10.2. The van der Waals surface area contributed by atoms with Crippen molar-refractivity contribution >= 4 is 5.69 Å². The topological polar surface area (TPSA) is 32.7 Å². The van der Waals surface area contributed by atoms with Gasteiger partial charge in [0, 0.05) is 19.2 Å². The zero-order valence-electron chi connectivity index (χ0n) is 9.16. The van der Waals surface area contributed by atoms with Crippen LogP contribution in [0, 0.1) is 5.82 Å². The van der Waals surface area contributed by atoms with Crippen molar-refractivity contribution < 1.29 is 14.2 Å². The monoisotopic (exact) mass is 225 g/mol. The number of hydrogen-bond acceptors (Lipinski definition) is 3. The van der Waals surface area contributed by atoms with Crippen LogP contribution in [0.2, 0.25) is 0 Å². The number of nitrogens with zero attached hydrogens (tertiary/aromatic N) is 1. The lowest BCUT2D eigenvalue weighted by molar-refractivity contribution is 0.281. The Balaban J connectivity index is 2.07. The van der Waals surface area contributed by atoms with E-state index in [-0.39, 0.29) is 12.4 Å². The van der Waals surface area contributed by atoms with Crippen molar-refractivity contribution in [2.24, 2.45) is 0 Å². The van der Waals surface area contributed by atoms with Gasteiger partial charge in [0.15, 0.2) is 0 Å². The number of ether oxygens (including phenoxy) is 1. The first-order valence-electron chi connectivity index (χ1n) is 5.59. The molecular weight excluding hydrogens is 209 g/mol. The predicted octanol–water partition coefficient (Wildman–Crippen LogP) is 1.80. The van der Waals surface area contributed by atoms with Crippen LogP contribution in [0.3, 0.4) is 0 Å². The summed E-state index contributed by atoms with van der Waals surface area (Å²) < 4.78 is 18.4. The van der Waals surface area contributed by atoms with Crippen LogP contribution in [-0.4, -0.2) is 31.4 Å². The largest absolute Gasteiger partial charge is 0.489 e. The molecule has 0 aromatic heterocycles. The van der Waals surface area contributed by atoms with E-state index in [1.165, 1.54) is 12.1 Å². The first kappa shape index (κ1) is 11.2. The summed E-state index contributed by atoms with van der Waals surface area (Å²) in [6.07, 6.45) is 1.74. The Hall–Kier alpha value is -1.29. The third kappa shape index (κ3) is 2.44. The lowest BCUT2D eigenvalue weighted by Crippen LogP contribution is -2.33. The molecule has 0 amide bonds. The summed E-state index contributed by atoms with van der Waals surface area (Å²) in [4.78, 5) is 2.17. The molecule has 0 unspecified atom stereocenters. The molecule has 0 atom stereocenters. The Kier molecular flexibility index (Phi) is 3.62. The Morgan fingerprint density at radius 3 is 3.06 bits per heavy atom. The van der Waals surface area contributed by atoms with E-state index in [0.717, 1.165) is 31.6 Å². The van der Waals surface area contributed by atoms with Gasteiger partial charge in [-0.3, -0.25) is 0 Å². The Labute approximate surface area is 94.4 Å². The van der Waals surface area contributed by atoms with Crippen LogP contribution in [0.4, 0.5) is 10.1 Å². The summed E-state index contributed by atoms with van der Waals surface area (Å²) in [5.74, 6) is 0.353. The fourth-order valence-corrected chi connectivity index (χ4v) is 1.90. The fourth-order valence-electron chi connectivity index (χ4n) is 1.90. The highest BCUT2D eigenvalue weighted by molar-refractivity contribution is 5.59. The van der Waals surface area contributed by atoms with E-state index >= 15 is 0 Å². The van der Waals surface area contributed by atoms with Gasteiger partial charge in [0.05, 0.1) is 12.2 Å². The van der Waals surface area contributed by atoms with E-state index in [1.54, 1.807) is 6.07 Å². The van der Waals surface area contributed by atoms with E-state index in [4.69, 9.17) is 9.84 Å². The molecule has 1 aromatic carbocycles. The highest BCUT2D eigenvalue weighted by Crippen LogP contribution is 2.32. The zero-order chi connectivity index (χ0) is 11.4. The van der Waals surface area contributed by atoms with Crippen molar-refractivity contribution in [3.05, 3.63) is 24.0 Å². The lowest BCUT2D eigenvalue weighted by Gasteiger charge is -2.31. The number of rotatable bonds is 4. The van der Waals surface area contributed by atoms with Gasteiger partial charge in [-0.25, -0.2) is 4.39 Å². The third-order valence-corrected chi connectivity index (χ3v) is 2.72. The molecule has 0 saturated carbocycles. The van der Waals surface area contributed by atoms with E-state index in [0.29, 0.717) is 12.4 Å². The summed E-state index contributed by atoms with van der Waals surface area (Å²) in [5.41, 5.74) is 0.950. The first-order chi connectivity index (χ1) is 7.81. The molecule has 88 valence electrons. The summed E-state index contributed by atoms with van der Waals surface area (Å²) in [6.45, 7) is 2.52. The van der Waals surface area contributed by atoms with E-state index in [1.807, 2.05) is 0 Å². The molecule has 0 spiro atoms. The summed E-state index contributed by atoms with van der Waals surface area (Å²) in [5, 5.41) is 8.73. The van der Waals surface area contributed by atoms with E-state index in [9.17, 15) is 4.39 Å². The fraction of sp³-hybridized carbons (Fsp3) is 0.500. The predicted molar refractivity (Wildman–Crippen MR) is 60.4 cm³/mol. The number of fused-ring (bicyclic) bond motifs is 1. The van der Waals surface area contributed by atoms with Crippen LogP contribution in [0.1, 0.15) is 12.8 Å². The summed E-state index contributed by atoms with van der Waals surface area (Å²) in [7, 11) is 0. The van der Waals surface area contributed by atoms with Crippen molar-refractivity contribution in [3.63, 3.8) is 0 Å². The molecule has 1 aliphatic heterocycles. The van der Waals surface area contributed by atoms with Gasteiger partial charge in [0.25, 0.3) is 0 Å². The van der Waals surface area contributed by atoms with Crippen molar-refractivity contribution in [2.45, 2.75) is 12.8 Å². The molecule has 0 radical (unpaired) electrons. The van der Waals surface area contributed by atoms with Crippen molar-refractivity contribution in [2.75, 3.05) is 31.2 Å². The van der Waals surface area contributed by atoms with Gasteiger partial charge in [-0.2, -0.15) is 0 Å². The molecule has 2 rings (SSSR count). The number of aliphatic hydroxyl groups excluding tert-OH is 1. The Morgan fingerprint density at radius 2 is 2.25 bits per heavy atom. The minimum Gasteiger partial charge on any atom is -0.489 e. The summed E-state index contributed by atoms with van der Waals surface area (Å²) in [6, 6.07) is 4.63. The standard InChI is InChI=1S/C12H16FNO2/c13-10-3-4-11-12(9-10)16-8-6-14(11)5-1-2-7-15/h3-4,9,15H,1-2,5-8H2. The maximum absolute atomic E-state index is 13.0. The van der Waals surface area contributed by atoms with Crippen molar-refractivity contribution in [1.29, 1.82) is 0 Å². The molecule has 4 heteroatoms. The van der Waals surface area contributed by atoms with E-state index < -0.39 is 0 Å².